The van der Waals surface area contributed by atoms with Crippen LogP contribution >= 0.6 is 11.8 Å². The van der Waals surface area contributed by atoms with Gasteiger partial charge in [0.2, 0.25) is 5.16 Å². The SMILES string of the molecule is CC(Sc1n[nH]c(-c2ccccc2)n1)C(=O)/C=C1\N(C)c2ccccc2C1(C)C. The minimum Gasteiger partial charge on any atom is -0.347 e. The Balaban J connectivity index is 1.51. The molecule has 1 unspecified atom stereocenters. The molecule has 1 aromatic heterocycles. The van der Waals surface area contributed by atoms with Gasteiger partial charge in [0.25, 0.3) is 0 Å². The molecule has 148 valence electrons. The molecule has 1 aliphatic heterocycles. The second-order valence-electron chi connectivity index (χ2n) is 7.73. The maximum atomic E-state index is 13.0. The Morgan fingerprint density at radius 3 is 2.55 bits per heavy atom. The number of H-pyrrole nitrogens is 1. The Labute approximate surface area is 175 Å². The summed E-state index contributed by atoms with van der Waals surface area (Å²) in [6, 6.07) is 18.1. The fourth-order valence-corrected chi connectivity index (χ4v) is 4.49. The molecular weight excluding hydrogens is 380 g/mol. The van der Waals surface area contributed by atoms with E-state index >= 15 is 0 Å². The van der Waals surface area contributed by atoms with Crippen LogP contribution in [0.25, 0.3) is 11.4 Å². The lowest BCUT2D eigenvalue weighted by atomic mass is 9.83. The first kappa shape index (κ1) is 19.5. The first-order valence-electron chi connectivity index (χ1n) is 9.61. The highest BCUT2D eigenvalue weighted by atomic mass is 32.2. The third-order valence-electron chi connectivity index (χ3n) is 5.41. The first-order chi connectivity index (χ1) is 13.9. The van der Waals surface area contributed by atoms with Gasteiger partial charge in [-0.2, -0.15) is 0 Å². The van der Waals surface area contributed by atoms with Crippen LogP contribution in [-0.2, 0) is 10.2 Å². The standard InChI is InChI=1S/C23H24N4OS/c1-15(29-22-24-21(25-26-22)16-10-6-5-7-11-16)19(28)14-20-23(2,3)17-12-8-9-13-18(17)27(20)4/h5-15H,1-4H3,(H,24,25,26)/b20-14-. The summed E-state index contributed by atoms with van der Waals surface area (Å²) >= 11 is 1.37. The number of benzene rings is 2. The van der Waals surface area contributed by atoms with Crippen molar-refractivity contribution in [3.05, 3.63) is 71.9 Å². The number of thioether (sulfide) groups is 1. The van der Waals surface area contributed by atoms with E-state index in [0.717, 1.165) is 16.9 Å². The van der Waals surface area contributed by atoms with Crippen molar-refractivity contribution in [3.63, 3.8) is 0 Å². The number of nitrogens with zero attached hydrogens (tertiary/aromatic N) is 3. The van der Waals surface area contributed by atoms with E-state index < -0.39 is 0 Å². The van der Waals surface area contributed by atoms with Gasteiger partial charge in [0.15, 0.2) is 11.6 Å². The van der Waals surface area contributed by atoms with Gasteiger partial charge >= 0.3 is 0 Å². The number of nitrogens with one attached hydrogen (secondary N) is 1. The molecule has 5 nitrogen and oxygen atoms in total. The predicted octanol–water partition coefficient (Wildman–Crippen LogP) is 4.83. The molecule has 0 spiro atoms. The molecule has 2 heterocycles. The zero-order valence-electron chi connectivity index (χ0n) is 17.0. The largest absolute Gasteiger partial charge is 0.347 e. The molecule has 1 N–H and O–H groups in total. The highest BCUT2D eigenvalue weighted by Crippen LogP contribution is 2.46. The van der Waals surface area contributed by atoms with Crippen LogP contribution in [0.5, 0.6) is 0 Å². The van der Waals surface area contributed by atoms with Gasteiger partial charge in [-0.05, 0) is 18.6 Å². The van der Waals surface area contributed by atoms with Crippen LogP contribution in [0.3, 0.4) is 0 Å². The zero-order valence-corrected chi connectivity index (χ0v) is 17.8. The highest BCUT2D eigenvalue weighted by molar-refractivity contribution is 8.00. The van der Waals surface area contributed by atoms with E-state index in [2.05, 4.69) is 46.1 Å². The summed E-state index contributed by atoms with van der Waals surface area (Å²) in [6.45, 7) is 6.22. The summed E-state index contributed by atoms with van der Waals surface area (Å²) in [5.41, 5.74) is 4.16. The quantitative estimate of drug-likeness (QED) is 0.487. The average molecular weight is 405 g/mol. The van der Waals surface area contributed by atoms with Crippen LogP contribution < -0.4 is 4.90 Å². The van der Waals surface area contributed by atoms with Crippen molar-refractivity contribution >= 4 is 23.2 Å². The van der Waals surface area contributed by atoms with Gasteiger partial charge in [-0.1, -0.05) is 74.1 Å². The van der Waals surface area contributed by atoms with Gasteiger partial charge in [-0.3, -0.25) is 9.89 Å². The van der Waals surface area contributed by atoms with Crippen LogP contribution in [0.1, 0.15) is 26.3 Å². The molecule has 29 heavy (non-hydrogen) atoms. The van der Waals surface area contributed by atoms with E-state index in [4.69, 9.17) is 0 Å². The second kappa shape index (κ2) is 7.52. The normalized spacial score (nSPS) is 17.4. The van der Waals surface area contributed by atoms with Crippen molar-refractivity contribution in [2.24, 2.45) is 0 Å². The predicted molar refractivity (Wildman–Crippen MR) is 118 cm³/mol. The highest BCUT2D eigenvalue weighted by Gasteiger charge is 2.38. The Morgan fingerprint density at radius 1 is 1.14 bits per heavy atom. The first-order valence-corrected chi connectivity index (χ1v) is 10.5. The van der Waals surface area contributed by atoms with Crippen LogP contribution in [0.2, 0.25) is 0 Å². The Morgan fingerprint density at radius 2 is 1.83 bits per heavy atom. The lowest BCUT2D eigenvalue weighted by Gasteiger charge is -2.24. The molecule has 6 heteroatoms. The molecule has 3 aromatic rings. The number of rotatable bonds is 5. The van der Waals surface area contributed by atoms with Crippen molar-refractivity contribution in [1.82, 2.24) is 15.2 Å². The maximum Gasteiger partial charge on any atom is 0.209 e. The van der Waals surface area contributed by atoms with Gasteiger partial charge in [0.1, 0.15) is 0 Å². The van der Waals surface area contributed by atoms with Crippen molar-refractivity contribution in [2.75, 3.05) is 11.9 Å². The van der Waals surface area contributed by atoms with Crippen molar-refractivity contribution in [2.45, 2.75) is 36.6 Å². The van der Waals surface area contributed by atoms with Crippen LogP contribution in [0.15, 0.2) is 71.5 Å². The van der Waals surface area contributed by atoms with Crippen molar-refractivity contribution in [1.29, 1.82) is 0 Å². The smallest absolute Gasteiger partial charge is 0.209 e. The molecule has 0 saturated carbocycles. The van der Waals surface area contributed by atoms with E-state index in [1.165, 1.54) is 17.3 Å². The molecular formula is C23H24N4OS. The molecule has 0 aliphatic carbocycles. The van der Waals surface area contributed by atoms with E-state index in [-0.39, 0.29) is 16.4 Å². The molecule has 0 fully saturated rings. The number of para-hydroxylation sites is 1. The molecule has 0 bridgehead atoms. The topological polar surface area (TPSA) is 61.9 Å². The number of hydrogen-bond acceptors (Lipinski definition) is 5. The van der Waals surface area contributed by atoms with Crippen LogP contribution in [-0.4, -0.2) is 33.3 Å². The van der Waals surface area contributed by atoms with E-state index in [1.807, 2.05) is 56.4 Å². The zero-order chi connectivity index (χ0) is 20.6. The Kier molecular flexibility index (Phi) is 5.04. The Hall–Kier alpha value is -2.86. The monoisotopic (exact) mass is 404 g/mol. The van der Waals surface area contributed by atoms with Gasteiger partial charge in [0.05, 0.1) is 5.25 Å². The maximum absolute atomic E-state index is 13.0. The minimum absolute atomic E-state index is 0.0591. The van der Waals surface area contributed by atoms with E-state index in [9.17, 15) is 4.79 Å². The second-order valence-corrected chi connectivity index (χ2v) is 9.03. The number of carbonyl (C=O) groups excluding carboxylic acids is 1. The van der Waals surface area contributed by atoms with Gasteiger partial charge in [-0.25, -0.2) is 4.98 Å². The molecule has 0 radical (unpaired) electrons. The van der Waals surface area contributed by atoms with Crippen LogP contribution in [0.4, 0.5) is 5.69 Å². The lowest BCUT2D eigenvalue weighted by Crippen LogP contribution is -2.25. The van der Waals surface area contributed by atoms with Gasteiger partial charge in [-0.15, -0.1) is 5.10 Å². The summed E-state index contributed by atoms with van der Waals surface area (Å²) in [7, 11) is 2.02. The summed E-state index contributed by atoms with van der Waals surface area (Å²) in [5.74, 6) is 0.766. The summed E-state index contributed by atoms with van der Waals surface area (Å²) in [4.78, 5) is 19.6. The summed E-state index contributed by atoms with van der Waals surface area (Å²) < 4.78 is 0. The molecule has 0 saturated heterocycles. The molecule has 0 amide bonds. The minimum atomic E-state index is -0.283. The molecule has 2 aromatic carbocycles. The third kappa shape index (κ3) is 3.60. The molecule has 1 aliphatic rings. The van der Waals surface area contributed by atoms with Gasteiger partial charge in [0, 0.05) is 35.5 Å². The average Bonchev–Trinajstić information content (AvgIpc) is 3.26. The third-order valence-corrected chi connectivity index (χ3v) is 6.39. The fraction of sp³-hybridized carbons (Fsp3) is 0.261. The van der Waals surface area contributed by atoms with Crippen molar-refractivity contribution < 1.29 is 4.79 Å². The van der Waals surface area contributed by atoms with Crippen LogP contribution in [0, 0.1) is 0 Å². The van der Waals surface area contributed by atoms with E-state index in [1.54, 1.807) is 6.08 Å². The van der Waals surface area contributed by atoms with Crippen molar-refractivity contribution in [3.8, 4) is 11.4 Å². The lowest BCUT2D eigenvalue weighted by molar-refractivity contribution is -0.114. The Bertz CT molecular complexity index is 1070. The van der Waals surface area contributed by atoms with E-state index in [0.29, 0.717) is 11.0 Å². The number of aromatic amines is 1. The number of carbonyl (C=O) groups is 1. The van der Waals surface area contributed by atoms with Gasteiger partial charge < -0.3 is 4.90 Å². The molecule has 4 rings (SSSR count). The molecule has 1 atom stereocenters. The number of ketones is 1. The number of allylic oxidation sites excluding steroid dienone is 2. The fourth-order valence-electron chi connectivity index (χ4n) is 3.75. The number of aromatic nitrogens is 3. The number of fused-ring (bicyclic) bond motifs is 1. The number of anilines is 1. The summed E-state index contributed by atoms with van der Waals surface area (Å²) in [5, 5.41) is 7.51. The summed E-state index contributed by atoms with van der Waals surface area (Å²) in [6.07, 6.45) is 1.78. The number of likely N-dealkylation sites (N-methyl/N-ethyl adjacent to an activating group) is 1. The number of hydrogen-bond donors (Lipinski definition) is 1.